The fourth-order valence-corrected chi connectivity index (χ4v) is 2.42. The Morgan fingerprint density at radius 1 is 1.08 bits per heavy atom. The zero-order chi connectivity index (χ0) is 9.31. The largest absolute Gasteiger partial charge is 0.0748 e. The molecule has 0 radical (unpaired) electrons. The summed E-state index contributed by atoms with van der Waals surface area (Å²) in [6.07, 6.45) is 14.4. The zero-order valence-corrected chi connectivity index (χ0v) is 8.64. The van der Waals surface area contributed by atoms with Crippen molar-refractivity contribution in [3.8, 4) is 0 Å². The van der Waals surface area contributed by atoms with Crippen LogP contribution in [0.2, 0.25) is 0 Å². The molecular weight excluding hydrogens is 156 g/mol. The van der Waals surface area contributed by atoms with Crippen molar-refractivity contribution >= 4 is 0 Å². The normalized spacial score (nSPS) is 25.7. The van der Waals surface area contributed by atoms with E-state index in [1.165, 1.54) is 25.7 Å². The molecule has 0 aromatic heterocycles. The molecule has 0 saturated carbocycles. The molecule has 0 fully saturated rings. The van der Waals surface area contributed by atoms with Crippen molar-refractivity contribution in [2.75, 3.05) is 0 Å². The minimum absolute atomic E-state index is 0.291. The van der Waals surface area contributed by atoms with Crippen LogP contribution in [0.15, 0.2) is 35.5 Å². The highest BCUT2D eigenvalue weighted by molar-refractivity contribution is 5.38. The van der Waals surface area contributed by atoms with Gasteiger partial charge in [0, 0.05) is 5.41 Å². The monoisotopic (exact) mass is 174 g/mol. The Morgan fingerprint density at radius 2 is 1.85 bits per heavy atom. The first-order valence-corrected chi connectivity index (χ1v) is 5.28. The van der Waals surface area contributed by atoms with Gasteiger partial charge in [-0.05, 0) is 31.3 Å². The van der Waals surface area contributed by atoms with Gasteiger partial charge in [0.05, 0.1) is 0 Å². The van der Waals surface area contributed by atoms with E-state index in [1.807, 2.05) is 0 Å². The van der Waals surface area contributed by atoms with E-state index in [9.17, 15) is 0 Å². The standard InChI is InChI=1S/C13H18/c1-13(2)10-6-5-8-11-7-3-4-9-12(11)13/h5-6,8,10H,3-4,7,9H2,1-2H3. The predicted molar refractivity (Wildman–Crippen MR) is 57.6 cm³/mol. The van der Waals surface area contributed by atoms with Gasteiger partial charge in [0.1, 0.15) is 0 Å². The van der Waals surface area contributed by atoms with E-state index in [-0.39, 0.29) is 0 Å². The molecule has 2 aliphatic carbocycles. The molecule has 2 rings (SSSR count). The Kier molecular flexibility index (Phi) is 2.15. The van der Waals surface area contributed by atoms with Gasteiger partial charge in [-0.15, -0.1) is 0 Å². The third-order valence-electron chi connectivity index (χ3n) is 3.21. The van der Waals surface area contributed by atoms with Gasteiger partial charge in [-0.2, -0.15) is 0 Å². The summed E-state index contributed by atoms with van der Waals surface area (Å²) < 4.78 is 0. The van der Waals surface area contributed by atoms with Gasteiger partial charge < -0.3 is 0 Å². The van der Waals surface area contributed by atoms with E-state index in [2.05, 4.69) is 38.2 Å². The maximum Gasteiger partial charge on any atom is 0.00431 e. The topological polar surface area (TPSA) is 0 Å². The maximum atomic E-state index is 2.33. The van der Waals surface area contributed by atoms with E-state index in [0.717, 1.165) is 0 Å². The maximum absolute atomic E-state index is 2.33. The number of hydrogen-bond donors (Lipinski definition) is 0. The number of rotatable bonds is 0. The lowest BCUT2D eigenvalue weighted by molar-refractivity contribution is 0.509. The highest BCUT2D eigenvalue weighted by Gasteiger charge is 2.25. The molecule has 0 saturated heterocycles. The van der Waals surface area contributed by atoms with Crippen LogP contribution in [0.3, 0.4) is 0 Å². The lowest BCUT2D eigenvalue weighted by Gasteiger charge is -2.29. The lowest BCUT2D eigenvalue weighted by atomic mass is 9.76. The summed E-state index contributed by atoms with van der Waals surface area (Å²) in [6.45, 7) is 4.66. The average Bonchev–Trinajstić information content (AvgIpc) is 2.26. The minimum atomic E-state index is 0.291. The zero-order valence-electron chi connectivity index (χ0n) is 8.64. The van der Waals surface area contributed by atoms with Crippen molar-refractivity contribution in [3.05, 3.63) is 35.5 Å². The molecule has 0 bridgehead atoms. The van der Waals surface area contributed by atoms with E-state index in [0.29, 0.717) is 5.41 Å². The van der Waals surface area contributed by atoms with Crippen molar-refractivity contribution in [3.63, 3.8) is 0 Å². The molecule has 0 aromatic carbocycles. The van der Waals surface area contributed by atoms with Crippen LogP contribution in [0.25, 0.3) is 0 Å². The molecule has 0 N–H and O–H groups in total. The summed E-state index contributed by atoms with van der Waals surface area (Å²) in [4.78, 5) is 0. The van der Waals surface area contributed by atoms with Crippen molar-refractivity contribution in [1.82, 2.24) is 0 Å². The van der Waals surface area contributed by atoms with Crippen LogP contribution in [0, 0.1) is 5.41 Å². The summed E-state index contributed by atoms with van der Waals surface area (Å²) in [5, 5.41) is 0. The van der Waals surface area contributed by atoms with Gasteiger partial charge >= 0.3 is 0 Å². The van der Waals surface area contributed by atoms with Crippen molar-refractivity contribution < 1.29 is 0 Å². The number of allylic oxidation sites excluding steroid dienone is 6. The molecule has 0 heterocycles. The highest BCUT2D eigenvalue weighted by atomic mass is 14.3. The van der Waals surface area contributed by atoms with Crippen LogP contribution >= 0.6 is 0 Å². The molecule has 13 heavy (non-hydrogen) atoms. The van der Waals surface area contributed by atoms with Gasteiger partial charge in [-0.3, -0.25) is 0 Å². The van der Waals surface area contributed by atoms with E-state index < -0.39 is 0 Å². The Balaban J connectivity index is 2.43. The summed E-state index contributed by atoms with van der Waals surface area (Å²) >= 11 is 0. The van der Waals surface area contributed by atoms with E-state index in [4.69, 9.17) is 0 Å². The molecule has 0 atom stereocenters. The quantitative estimate of drug-likeness (QED) is 0.520. The first-order valence-electron chi connectivity index (χ1n) is 5.28. The average molecular weight is 174 g/mol. The van der Waals surface area contributed by atoms with Crippen molar-refractivity contribution in [1.29, 1.82) is 0 Å². The molecule has 0 unspecified atom stereocenters. The molecular formula is C13H18. The first-order chi connectivity index (χ1) is 6.20. The molecule has 0 heteroatoms. The molecule has 0 spiro atoms. The Morgan fingerprint density at radius 3 is 2.69 bits per heavy atom. The van der Waals surface area contributed by atoms with Crippen LogP contribution in [0.1, 0.15) is 39.5 Å². The van der Waals surface area contributed by atoms with E-state index in [1.54, 1.807) is 11.1 Å². The third kappa shape index (κ3) is 1.63. The summed E-state index contributed by atoms with van der Waals surface area (Å²) in [5.41, 5.74) is 3.56. The van der Waals surface area contributed by atoms with Crippen molar-refractivity contribution in [2.45, 2.75) is 39.5 Å². The second-order valence-corrected chi connectivity index (χ2v) is 4.65. The SMILES string of the molecule is CC1(C)C=CC=CC2=C1CCCC2. The highest BCUT2D eigenvalue weighted by Crippen LogP contribution is 2.40. The molecule has 0 aromatic rings. The van der Waals surface area contributed by atoms with Crippen LogP contribution in [-0.4, -0.2) is 0 Å². The molecule has 0 aliphatic heterocycles. The van der Waals surface area contributed by atoms with Crippen LogP contribution in [0.5, 0.6) is 0 Å². The Bertz CT molecular complexity index is 287. The predicted octanol–water partition coefficient (Wildman–Crippen LogP) is 4.01. The molecule has 0 amide bonds. The summed E-state index contributed by atoms with van der Waals surface area (Å²) in [5.74, 6) is 0. The minimum Gasteiger partial charge on any atom is -0.0748 e. The lowest BCUT2D eigenvalue weighted by Crippen LogP contribution is -2.15. The van der Waals surface area contributed by atoms with Crippen LogP contribution in [-0.2, 0) is 0 Å². The first kappa shape index (κ1) is 8.80. The smallest absolute Gasteiger partial charge is 0.00431 e. The molecule has 0 nitrogen and oxygen atoms in total. The van der Waals surface area contributed by atoms with Crippen LogP contribution < -0.4 is 0 Å². The van der Waals surface area contributed by atoms with Gasteiger partial charge in [0.15, 0.2) is 0 Å². The van der Waals surface area contributed by atoms with Gasteiger partial charge in [0.2, 0.25) is 0 Å². The third-order valence-corrected chi connectivity index (χ3v) is 3.21. The fraction of sp³-hybridized carbons (Fsp3) is 0.538. The van der Waals surface area contributed by atoms with Crippen LogP contribution in [0.4, 0.5) is 0 Å². The second kappa shape index (κ2) is 3.17. The number of hydrogen-bond acceptors (Lipinski definition) is 0. The van der Waals surface area contributed by atoms with Gasteiger partial charge in [0.25, 0.3) is 0 Å². The molecule has 70 valence electrons. The van der Waals surface area contributed by atoms with E-state index >= 15 is 0 Å². The fourth-order valence-electron chi connectivity index (χ4n) is 2.42. The van der Waals surface area contributed by atoms with Gasteiger partial charge in [-0.25, -0.2) is 0 Å². The summed E-state index contributed by atoms with van der Waals surface area (Å²) in [7, 11) is 0. The van der Waals surface area contributed by atoms with Gasteiger partial charge in [-0.1, -0.05) is 43.7 Å². The Hall–Kier alpha value is -0.780. The summed E-state index contributed by atoms with van der Waals surface area (Å²) in [6, 6.07) is 0. The second-order valence-electron chi connectivity index (χ2n) is 4.65. The molecule has 2 aliphatic rings. The van der Waals surface area contributed by atoms with Crippen molar-refractivity contribution in [2.24, 2.45) is 5.41 Å². The Labute approximate surface area is 81.0 Å².